The maximum Gasteiger partial charge on any atom is 0.342 e. The fourth-order valence-electron chi connectivity index (χ4n) is 3.17. The second-order valence-corrected chi connectivity index (χ2v) is 6.58. The van der Waals surface area contributed by atoms with Gasteiger partial charge in [0.05, 0.1) is 19.3 Å². The molecule has 0 bridgehead atoms. The first kappa shape index (κ1) is 18.6. The number of phenolic OH excluding ortho intramolecular Hbond substituents is 1. The molecule has 2 rings (SSSR count). The zero-order valence-corrected chi connectivity index (χ0v) is 14.6. The van der Waals surface area contributed by atoms with Gasteiger partial charge in [-0.3, -0.25) is 0 Å². The number of aromatic hydroxyl groups is 1. The van der Waals surface area contributed by atoms with Crippen molar-refractivity contribution < 1.29 is 24.5 Å². The topological polar surface area (TPSA) is 76.0 Å². The third-order valence-electron chi connectivity index (χ3n) is 4.55. The van der Waals surface area contributed by atoms with Crippen LogP contribution in [0.4, 0.5) is 0 Å². The smallest absolute Gasteiger partial charge is 0.342 e. The lowest BCUT2D eigenvalue weighted by Crippen LogP contribution is -2.18. The van der Waals surface area contributed by atoms with E-state index in [-0.39, 0.29) is 23.5 Å². The minimum atomic E-state index is -0.490. The highest BCUT2D eigenvalue weighted by Crippen LogP contribution is 2.30. The van der Waals surface area contributed by atoms with E-state index in [0.717, 1.165) is 44.1 Å². The molecule has 24 heavy (non-hydrogen) atoms. The van der Waals surface area contributed by atoms with Crippen LogP contribution in [0.1, 0.15) is 67.8 Å². The number of rotatable bonds is 1. The van der Waals surface area contributed by atoms with Gasteiger partial charge in [-0.15, -0.1) is 0 Å². The maximum absolute atomic E-state index is 12.5. The van der Waals surface area contributed by atoms with Crippen LogP contribution in [-0.2, 0) is 11.2 Å². The first-order valence-electron chi connectivity index (χ1n) is 8.80. The monoisotopic (exact) mass is 336 g/mol. The van der Waals surface area contributed by atoms with Crippen LogP contribution in [-0.4, -0.2) is 35.5 Å². The van der Waals surface area contributed by atoms with Gasteiger partial charge in [0.2, 0.25) is 0 Å². The summed E-state index contributed by atoms with van der Waals surface area (Å²) in [5, 5.41) is 20.2. The molecule has 0 amide bonds. The Morgan fingerprint density at radius 2 is 1.88 bits per heavy atom. The van der Waals surface area contributed by atoms with E-state index in [9.17, 15) is 15.0 Å². The average Bonchev–Trinajstić information content (AvgIpc) is 2.53. The molecule has 0 unspecified atom stereocenters. The number of aryl methyl sites for hydroxylation is 1. The molecule has 1 aliphatic rings. The van der Waals surface area contributed by atoms with Crippen LogP contribution in [0.2, 0.25) is 0 Å². The lowest BCUT2D eigenvalue weighted by Gasteiger charge is -2.18. The number of carbonyl (C=O) groups is 1. The summed E-state index contributed by atoms with van der Waals surface area (Å²) < 4.78 is 10.7. The van der Waals surface area contributed by atoms with E-state index in [0.29, 0.717) is 18.6 Å². The average molecular weight is 336 g/mol. The summed E-state index contributed by atoms with van der Waals surface area (Å²) in [4.78, 5) is 12.5. The quantitative estimate of drug-likeness (QED) is 0.767. The van der Waals surface area contributed by atoms with Crippen molar-refractivity contribution in [1.29, 1.82) is 0 Å². The number of methoxy groups -OCH3 is 1. The Hall–Kier alpha value is -1.75. The Morgan fingerprint density at radius 1 is 1.12 bits per heavy atom. The van der Waals surface area contributed by atoms with Crippen LogP contribution in [0.25, 0.3) is 0 Å². The number of esters is 1. The molecule has 2 N–H and O–H groups in total. The second kappa shape index (κ2) is 8.92. The minimum absolute atomic E-state index is 0.0935. The summed E-state index contributed by atoms with van der Waals surface area (Å²) in [7, 11) is 1.53. The maximum atomic E-state index is 12.5. The number of ether oxygens (including phenoxy) is 2. The largest absolute Gasteiger partial charge is 0.507 e. The van der Waals surface area contributed by atoms with Crippen molar-refractivity contribution in [3.63, 3.8) is 0 Å². The molecule has 5 heteroatoms. The van der Waals surface area contributed by atoms with Gasteiger partial charge in [-0.2, -0.15) is 0 Å². The normalized spacial score (nSPS) is 23.7. The molecule has 1 heterocycles. The lowest BCUT2D eigenvalue weighted by molar-refractivity contribution is 0.0305. The summed E-state index contributed by atoms with van der Waals surface area (Å²) >= 11 is 0. The molecule has 0 saturated heterocycles. The van der Waals surface area contributed by atoms with Crippen molar-refractivity contribution in [2.24, 2.45) is 0 Å². The molecule has 2 atom stereocenters. The first-order valence-corrected chi connectivity index (χ1v) is 8.80. The number of carbonyl (C=O) groups excluding carboxylic acids is 1. The van der Waals surface area contributed by atoms with E-state index in [2.05, 4.69) is 0 Å². The van der Waals surface area contributed by atoms with Crippen LogP contribution >= 0.6 is 0 Å². The molecule has 1 aromatic rings. The fraction of sp³-hybridized carbons (Fsp3) is 0.632. The van der Waals surface area contributed by atoms with Gasteiger partial charge in [0.25, 0.3) is 0 Å². The zero-order chi connectivity index (χ0) is 17.5. The fourth-order valence-corrected chi connectivity index (χ4v) is 3.17. The predicted molar refractivity (Wildman–Crippen MR) is 91.6 cm³/mol. The number of aliphatic hydroxyl groups is 1. The number of hydrogen-bond donors (Lipinski definition) is 2. The van der Waals surface area contributed by atoms with Crippen molar-refractivity contribution in [3.8, 4) is 11.5 Å². The molecule has 1 aromatic carbocycles. The molecule has 1 aliphatic heterocycles. The van der Waals surface area contributed by atoms with Gasteiger partial charge < -0.3 is 19.7 Å². The highest BCUT2D eigenvalue weighted by atomic mass is 16.5. The standard InChI is InChI=1S/C19H28O5/c1-13-7-6-10-15(20)9-5-3-4-8-14-11-16(23-2)12-17(21)18(14)19(22)24-13/h11-13,15,20-21H,3-10H2,1-2H3/t13-,15-/m0/s1. The second-order valence-electron chi connectivity index (χ2n) is 6.58. The van der Waals surface area contributed by atoms with Crippen LogP contribution in [0, 0.1) is 0 Å². The summed E-state index contributed by atoms with van der Waals surface area (Å²) in [6.45, 7) is 1.84. The Morgan fingerprint density at radius 3 is 2.62 bits per heavy atom. The highest BCUT2D eigenvalue weighted by Gasteiger charge is 2.22. The molecular formula is C19H28O5. The molecule has 134 valence electrons. The Kier molecular flexibility index (Phi) is 6.91. The van der Waals surface area contributed by atoms with Crippen LogP contribution in [0.15, 0.2) is 12.1 Å². The Bertz CT molecular complexity index is 555. The number of benzene rings is 1. The van der Waals surface area contributed by atoms with E-state index >= 15 is 0 Å². The van der Waals surface area contributed by atoms with Gasteiger partial charge in [0.1, 0.15) is 17.1 Å². The van der Waals surface area contributed by atoms with Gasteiger partial charge in [-0.25, -0.2) is 4.79 Å². The van der Waals surface area contributed by atoms with Crippen molar-refractivity contribution >= 4 is 5.97 Å². The first-order chi connectivity index (χ1) is 11.5. The molecule has 0 radical (unpaired) electrons. The van der Waals surface area contributed by atoms with Gasteiger partial charge in [-0.1, -0.05) is 12.8 Å². The molecule has 0 saturated carbocycles. The number of hydrogen-bond acceptors (Lipinski definition) is 5. The number of aliphatic hydroxyl groups excluding tert-OH is 1. The van der Waals surface area contributed by atoms with Crippen molar-refractivity contribution in [1.82, 2.24) is 0 Å². The van der Waals surface area contributed by atoms with E-state index in [1.54, 1.807) is 6.07 Å². The molecule has 0 spiro atoms. The Labute approximate surface area is 143 Å². The Balaban J connectivity index is 2.24. The summed E-state index contributed by atoms with van der Waals surface area (Å²) in [6, 6.07) is 3.24. The molecule has 0 fully saturated rings. The van der Waals surface area contributed by atoms with E-state index in [1.165, 1.54) is 13.2 Å². The summed E-state index contributed by atoms with van der Waals surface area (Å²) in [5.74, 6) is -0.0528. The van der Waals surface area contributed by atoms with Gasteiger partial charge in [-0.05, 0) is 57.1 Å². The van der Waals surface area contributed by atoms with E-state index < -0.39 is 5.97 Å². The molecule has 5 nitrogen and oxygen atoms in total. The minimum Gasteiger partial charge on any atom is -0.507 e. The van der Waals surface area contributed by atoms with Crippen molar-refractivity contribution in [2.75, 3.05) is 7.11 Å². The summed E-state index contributed by atoms with van der Waals surface area (Å²) in [6.07, 6.45) is 6.03. The van der Waals surface area contributed by atoms with Crippen LogP contribution in [0.5, 0.6) is 11.5 Å². The summed E-state index contributed by atoms with van der Waals surface area (Å²) in [5.41, 5.74) is 1.00. The SMILES string of the molecule is COc1cc(O)c2c(c1)CCCCC[C@H](O)CCC[C@H](C)OC2=O. The van der Waals surface area contributed by atoms with E-state index in [1.807, 2.05) is 6.92 Å². The van der Waals surface area contributed by atoms with Crippen LogP contribution in [0.3, 0.4) is 0 Å². The van der Waals surface area contributed by atoms with Crippen LogP contribution < -0.4 is 4.74 Å². The van der Waals surface area contributed by atoms with Gasteiger partial charge in [0.15, 0.2) is 0 Å². The van der Waals surface area contributed by atoms with Gasteiger partial charge >= 0.3 is 5.97 Å². The van der Waals surface area contributed by atoms with Gasteiger partial charge in [0, 0.05) is 6.07 Å². The highest BCUT2D eigenvalue weighted by molar-refractivity contribution is 5.94. The number of fused-ring (bicyclic) bond motifs is 1. The third kappa shape index (κ3) is 5.13. The predicted octanol–water partition coefficient (Wildman–Crippen LogP) is 3.59. The molecule has 0 aliphatic carbocycles. The third-order valence-corrected chi connectivity index (χ3v) is 4.55. The molecular weight excluding hydrogens is 308 g/mol. The molecule has 0 aromatic heterocycles. The van der Waals surface area contributed by atoms with Crippen molar-refractivity contribution in [3.05, 3.63) is 23.3 Å². The van der Waals surface area contributed by atoms with E-state index in [4.69, 9.17) is 9.47 Å². The van der Waals surface area contributed by atoms with Crippen molar-refractivity contribution in [2.45, 2.75) is 70.5 Å². The number of cyclic esters (lactones) is 1. The zero-order valence-electron chi connectivity index (χ0n) is 14.6. The lowest BCUT2D eigenvalue weighted by atomic mass is 9.97. The number of phenols is 1.